The lowest BCUT2D eigenvalue weighted by Gasteiger charge is -2.36. The predicted octanol–water partition coefficient (Wildman–Crippen LogP) is 2.99. The summed E-state index contributed by atoms with van der Waals surface area (Å²) in [5, 5.41) is 4.42. The molecule has 1 aromatic carbocycles. The molecule has 0 bridgehead atoms. The fourth-order valence-corrected chi connectivity index (χ4v) is 3.07. The van der Waals surface area contributed by atoms with Crippen LogP contribution in [0.5, 0.6) is 0 Å². The molecule has 0 amide bonds. The monoisotopic (exact) mass is 326 g/mol. The van der Waals surface area contributed by atoms with Gasteiger partial charge in [0.05, 0.1) is 6.20 Å². The van der Waals surface area contributed by atoms with Crippen molar-refractivity contribution < 1.29 is 4.79 Å². The lowest BCUT2D eigenvalue weighted by molar-refractivity contribution is 0.101. The SMILES string of the molecule is CC(=O)c1ccc(N2CCN(Cc3cnn(C(C)C)c3)CC2)cc1. The van der Waals surface area contributed by atoms with Crippen molar-refractivity contribution in [3.63, 3.8) is 0 Å². The molecule has 3 rings (SSSR count). The van der Waals surface area contributed by atoms with Crippen LogP contribution < -0.4 is 4.90 Å². The van der Waals surface area contributed by atoms with Crippen LogP contribution in [0, 0.1) is 0 Å². The topological polar surface area (TPSA) is 41.4 Å². The van der Waals surface area contributed by atoms with Gasteiger partial charge >= 0.3 is 0 Å². The Bertz CT molecular complexity index is 682. The van der Waals surface area contributed by atoms with E-state index in [2.05, 4.69) is 47.1 Å². The van der Waals surface area contributed by atoms with Gasteiger partial charge in [0, 0.05) is 61.8 Å². The second-order valence-corrected chi connectivity index (χ2v) is 6.79. The zero-order valence-electron chi connectivity index (χ0n) is 14.8. The van der Waals surface area contributed by atoms with E-state index < -0.39 is 0 Å². The van der Waals surface area contributed by atoms with E-state index in [9.17, 15) is 4.79 Å². The summed E-state index contributed by atoms with van der Waals surface area (Å²) in [6.45, 7) is 11.0. The van der Waals surface area contributed by atoms with Crippen molar-refractivity contribution in [2.24, 2.45) is 0 Å². The Balaban J connectivity index is 1.54. The minimum atomic E-state index is 0.119. The molecule has 1 aliphatic heterocycles. The molecule has 0 radical (unpaired) electrons. The zero-order valence-corrected chi connectivity index (χ0v) is 14.8. The minimum Gasteiger partial charge on any atom is -0.369 e. The Kier molecular flexibility index (Phi) is 5.00. The van der Waals surface area contributed by atoms with Crippen LogP contribution in [-0.2, 0) is 6.54 Å². The lowest BCUT2D eigenvalue weighted by Crippen LogP contribution is -2.45. The standard InChI is InChI=1S/C19H26N4O/c1-15(2)23-14-17(12-20-23)13-21-8-10-22(11-9-21)19-6-4-18(5-7-19)16(3)24/h4-7,12,14-15H,8-11,13H2,1-3H3. The maximum atomic E-state index is 11.4. The fraction of sp³-hybridized carbons (Fsp3) is 0.474. The summed E-state index contributed by atoms with van der Waals surface area (Å²) in [4.78, 5) is 16.2. The van der Waals surface area contributed by atoms with Crippen molar-refractivity contribution in [2.75, 3.05) is 31.1 Å². The van der Waals surface area contributed by atoms with Gasteiger partial charge in [-0.05, 0) is 45.0 Å². The van der Waals surface area contributed by atoms with Crippen LogP contribution in [0.4, 0.5) is 5.69 Å². The molecule has 128 valence electrons. The quantitative estimate of drug-likeness (QED) is 0.792. The smallest absolute Gasteiger partial charge is 0.159 e. The number of aromatic nitrogens is 2. The third-order valence-corrected chi connectivity index (χ3v) is 4.60. The molecule has 0 aliphatic carbocycles. The molecule has 5 nitrogen and oxygen atoms in total. The average Bonchev–Trinajstić information content (AvgIpc) is 3.04. The normalized spacial score (nSPS) is 15.9. The Morgan fingerprint density at radius 3 is 2.33 bits per heavy atom. The Morgan fingerprint density at radius 1 is 1.12 bits per heavy atom. The number of Topliss-reactive ketones (excluding diaryl/α,β-unsaturated/α-hetero) is 1. The van der Waals surface area contributed by atoms with E-state index in [4.69, 9.17) is 0 Å². The number of rotatable bonds is 5. The predicted molar refractivity (Wildman–Crippen MR) is 96.5 cm³/mol. The highest BCUT2D eigenvalue weighted by molar-refractivity contribution is 5.94. The molecule has 1 saturated heterocycles. The largest absolute Gasteiger partial charge is 0.369 e. The van der Waals surface area contributed by atoms with Gasteiger partial charge in [-0.1, -0.05) is 0 Å². The highest BCUT2D eigenvalue weighted by Crippen LogP contribution is 2.18. The third kappa shape index (κ3) is 3.85. The first-order chi connectivity index (χ1) is 11.5. The summed E-state index contributed by atoms with van der Waals surface area (Å²) in [6.07, 6.45) is 4.13. The Labute approximate surface area is 143 Å². The molecule has 5 heteroatoms. The van der Waals surface area contributed by atoms with E-state index in [1.54, 1.807) is 6.92 Å². The number of carbonyl (C=O) groups is 1. The molecule has 0 saturated carbocycles. The summed E-state index contributed by atoms with van der Waals surface area (Å²) >= 11 is 0. The van der Waals surface area contributed by atoms with E-state index in [1.165, 1.54) is 11.3 Å². The van der Waals surface area contributed by atoms with Gasteiger partial charge in [0.2, 0.25) is 0 Å². The van der Waals surface area contributed by atoms with Gasteiger partial charge in [-0.25, -0.2) is 0 Å². The van der Waals surface area contributed by atoms with Gasteiger partial charge in [-0.2, -0.15) is 5.10 Å². The molecular weight excluding hydrogens is 300 g/mol. The number of hydrogen-bond acceptors (Lipinski definition) is 4. The number of anilines is 1. The summed E-state index contributed by atoms with van der Waals surface area (Å²) in [5.41, 5.74) is 3.26. The van der Waals surface area contributed by atoms with Crippen molar-refractivity contribution >= 4 is 11.5 Å². The highest BCUT2D eigenvalue weighted by atomic mass is 16.1. The first kappa shape index (κ1) is 16.7. The molecular formula is C19H26N4O. The minimum absolute atomic E-state index is 0.119. The van der Waals surface area contributed by atoms with E-state index in [-0.39, 0.29) is 5.78 Å². The van der Waals surface area contributed by atoms with E-state index in [1.807, 2.05) is 23.0 Å². The summed E-state index contributed by atoms with van der Waals surface area (Å²) < 4.78 is 2.02. The van der Waals surface area contributed by atoms with Crippen LogP contribution in [0.2, 0.25) is 0 Å². The van der Waals surface area contributed by atoms with Crippen molar-refractivity contribution in [3.05, 3.63) is 47.8 Å². The summed E-state index contributed by atoms with van der Waals surface area (Å²) in [5.74, 6) is 0.119. The van der Waals surface area contributed by atoms with Gasteiger partial charge in [0.1, 0.15) is 0 Å². The maximum Gasteiger partial charge on any atom is 0.159 e. The van der Waals surface area contributed by atoms with Gasteiger partial charge in [0.25, 0.3) is 0 Å². The molecule has 0 unspecified atom stereocenters. The van der Waals surface area contributed by atoms with E-state index in [0.29, 0.717) is 6.04 Å². The first-order valence-corrected chi connectivity index (χ1v) is 8.64. The number of benzene rings is 1. The molecule has 1 aromatic heterocycles. The summed E-state index contributed by atoms with van der Waals surface area (Å²) in [7, 11) is 0. The molecule has 1 aliphatic rings. The highest BCUT2D eigenvalue weighted by Gasteiger charge is 2.18. The Morgan fingerprint density at radius 2 is 1.79 bits per heavy atom. The van der Waals surface area contributed by atoms with Crippen molar-refractivity contribution in [2.45, 2.75) is 33.4 Å². The average molecular weight is 326 g/mol. The zero-order chi connectivity index (χ0) is 17.1. The number of carbonyl (C=O) groups excluding carboxylic acids is 1. The van der Waals surface area contributed by atoms with Crippen LogP contribution >= 0.6 is 0 Å². The fourth-order valence-electron chi connectivity index (χ4n) is 3.07. The van der Waals surface area contributed by atoms with E-state index >= 15 is 0 Å². The lowest BCUT2D eigenvalue weighted by atomic mass is 10.1. The molecule has 2 aromatic rings. The summed E-state index contributed by atoms with van der Waals surface area (Å²) in [6, 6.07) is 8.36. The van der Waals surface area contributed by atoms with Crippen LogP contribution in [-0.4, -0.2) is 46.6 Å². The van der Waals surface area contributed by atoms with Crippen molar-refractivity contribution in [3.8, 4) is 0 Å². The second kappa shape index (κ2) is 7.18. The molecule has 1 fully saturated rings. The van der Waals surface area contributed by atoms with Crippen LogP contribution in [0.15, 0.2) is 36.7 Å². The maximum absolute atomic E-state index is 11.4. The molecule has 0 atom stereocenters. The molecule has 2 heterocycles. The van der Waals surface area contributed by atoms with E-state index in [0.717, 1.165) is 38.3 Å². The van der Waals surface area contributed by atoms with Crippen LogP contribution in [0.3, 0.4) is 0 Å². The number of piperazine rings is 1. The van der Waals surface area contributed by atoms with Crippen LogP contribution in [0.25, 0.3) is 0 Å². The van der Waals surface area contributed by atoms with Gasteiger partial charge in [-0.15, -0.1) is 0 Å². The van der Waals surface area contributed by atoms with Gasteiger partial charge < -0.3 is 4.90 Å². The van der Waals surface area contributed by atoms with Crippen molar-refractivity contribution in [1.29, 1.82) is 0 Å². The number of nitrogens with zero attached hydrogens (tertiary/aromatic N) is 4. The second-order valence-electron chi connectivity index (χ2n) is 6.79. The molecule has 0 spiro atoms. The Hall–Kier alpha value is -2.14. The molecule has 24 heavy (non-hydrogen) atoms. The number of hydrogen-bond donors (Lipinski definition) is 0. The van der Waals surface area contributed by atoms with Gasteiger partial charge in [-0.3, -0.25) is 14.4 Å². The first-order valence-electron chi connectivity index (χ1n) is 8.64. The third-order valence-electron chi connectivity index (χ3n) is 4.60. The molecule has 0 N–H and O–H groups in total. The van der Waals surface area contributed by atoms with Gasteiger partial charge in [0.15, 0.2) is 5.78 Å². The van der Waals surface area contributed by atoms with Crippen LogP contribution in [0.1, 0.15) is 42.7 Å². The number of ketones is 1. The van der Waals surface area contributed by atoms with Crippen molar-refractivity contribution in [1.82, 2.24) is 14.7 Å².